The van der Waals surface area contributed by atoms with Gasteiger partial charge in [0.15, 0.2) is 9.84 Å². The van der Waals surface area contributed by atoms with E-state index in [9.17, 15) is 18.5 Å². The molecule has 0 fully saturated rings. The molecule has 0 saturated heterocycles. The van der Waals surface area contributed by atoms with E-state index < -0.39 is 20.4 Å². The Morgan fingerprint density at radius 2 is 2.07 bits per heavy atom. The lowest BCUT2D eigenvalue weighted by Crippen LogP contribution is -2.00. The molecule has 0 atom stereocenters. The van der Waals surface area contributed by atoms with Gasteiger partial charge >= 0.3 is 0 Å². The number of nitro benzene ring substituents is 1. The predicted molar refractivity (Wildman–Crippen MR) is 54.9 cm³/mol. The van der Waals surface area contributed by atoms with Gasteiger partial charge in [0.1, 0.15) is 5.69 Å². The Kier molecular flexibility index (Phi) is 2.76. The highest BCUT2D eigenvalue weighted by Gasteiger charge is 2.17. The molecule has 0 saturated carbocycles. The minimum Gasteiger partial charge on any atom is -0.393 e. The van der Waals surface area contributed by atoms with Gasteiger partial charge in [-0.25, -0.2) is 8.42 Å². The van der Waals surface area contributed by atoms with Crippen LogP contribution in [-0.2, 0) is 9.84 Å². The fourth-order valence-electron chi connectivity index (χ4n) is 0.955. The first-order valence-electron chi connectivity index (χ1n) is 3.80. The third-order valence-corrected chi connectivity index (χ3v) is 3.10. The molecule has 6 nitrogen and oxygen atoms in total. The SMILES string of the molecule is C=CS(=O)(=O)c1ccc(N)c([N+](=O)[O-])c1. The molecule has 15 heavy (non-hydrogen) atoms. The Morgan fingerprint density at radius 3 is 2.53 bits per heavy atom. The maximum Gasteiger partial charge on any atom is 0.293 e. The van der Waals surface area contributed by atoms with Crippen molar-refractivity contribution < 1.29 is 13.3 Å². The van der Waals surface area contributed by atoms with Crippen LogP contribution >= 0.6 is 0 Å². The quantitative estimate of drug-likeness (QED) is 0.474. The van der Waals surface area contributed by atoms with Gasteiger partial charge in [-0.05, 0) is 12.1 Å². The summed E-state index contributed by atoms with van der Waals surface area (Å²) in [4.78, 5) is 9.56. The predicted octanol–water partition coefficient (Wildman–Crippen LogP) is 1.09. The number of nitrogens with two attached hydrogens (primary N) is 1. The molecule has 0 amide bonds. The van der Waals surface area contributed by atoms with Crippen LogP contribution in [0.15, 0.2) is 35.1 Å². The van der Waals surface area contributed by atoms with Crippen molar-refractivity contribution in [2.24, 2.45) is 0 Å². The zero-order valence-corrected chi connectivity index (χ0v) is 8.40. The van der Waals surface area contributed by atoms with Crippen LogP contribution in [0.5, 0.6) is 0 Å². The van der Waals surface area contributed by atoms with E-state index in [0.29, 0.717) is 0 Å². The molecule has 1 rings (SSSR count). The van der Waals surface area contributed by atoms with Crippen molar-refractivity contribution in [2.75, 3.05) is 5.73 Å². The molecular weight excluding hydrogens is 220 g/mol. The molecule has 0 aromatic heterocycles. The van der Waals surface area contributed by atoms with Crippen molar-refractivity contribution in [1.29, 1.82) is 0 Å². The molecule has 0 spiro atoms. The van der Waals surface area contributed by atoms with Crippen molar-refractivity contribution in [3.05, 3.63) is 40.3 Å². The summed E-state index contributed by atoms with van der Waals surface area (Å²) in [6.45, 7) is 3.12. The zero-order chi connectivity index (χ0) is 11.6. The van der Waals surface area contributed by atoms with Gasteiger partial charge in [-0.15, -0.1) is 0 Å². The van der Waals surface area contributed by atoms with Gasteiger partial charge in [0, 0.05) is 11.5 Å². The second-order valence-corrected chi connectivity index (χ2v) is 4.58. The Balaban J connectivity index is 3.44. The minimum absolute atomic E-state index is 0.0805. The van der Waals surface area contributed by atoms with E-state index in [1.54, 1.807) is 0 Å². The minimum atomic E-state index is -3.67. The normalized spacial score (nSPS) is 10.9. The van der Waals surface area contributed by atoms with Gasteiger partial charge in [-0.3, -0.25) is 10.1 Å². The third kappa shape index (κ3) is 2.13. The smallest absolute Gasteiger partial charge is 0.293 e. The number of benzene rings is 1. The summed E-state index contributed by atoms with van der Waals surface area (Å²) in [5.74, 6) is 0. The lowest BCUT2D eigenvalue weighted by atomic mass is 10.3. The molecule has 0 unspecified atom stereocenters. The van der Waals surface area contributed by atoms with Gasteiger partial charge in [-0.2, -0.15) is 0 Å². The number of nitrogen functional groups attached to an aromatic ring is 1. The number of hydrogen-bond acceptors (Lipinski definition) is 5. The molecule has 7 heteroatoms. The summed E-state index contributed by atoms with van der Waals surface area (Å²) in [5, 5.41) is 11.2. The fourth-order valence-corrected chi connectivity index (χ4v) is 1.68. The highest BCUT2D eigenvalue weighted by atomic mass is 32.2. The van der Waals surface area contributed by atoms with E-state index in [1.165, 1.54) is 12.1 Å². The second kappa shape index (κ2) is 3.70. The van der Waals surface area contributed by atoms with Crippen LogP contribution in [0.2, 0.25) is 0 Å². The van der Waals surface area contributed by atoms with Crippen LogP contribution < -0.4 is 5.73 Å². The van der Waals surface area contributed by atoms with Crippen molar-refractivity contribution in [1.82, 2.24) is 0 Å². The van der Waals surface area contributed by atoms with E-state index in [1.807, 2.05) is 0 Å². The molecule has 0 heterocycles. The summed E-state index contributed by atoms with van der Waals surface area (Å²) in [6, 6.07) is 3.28. The van der Waals surface area contributed by atoms with Crippen LogP contribution in [0, 0.1) is 10.1 Å². The van der Waals surface area contributed by atoms with Crippen molar-refractivity contribution in [3.63, 3.8) is 0 Å². The topological polar surface area (TPSA) is 103 Å². The van der Waals surface area contributed by atoms with Gasteiger partial charge < -0.3 is 5.73 Å². The number of nitro groups is 1. The third-order valence-electron chi connectivity index (χ3n) is 1.75. The number of nitrogens with zero attached hydrogens (tertiary/aromatic N) is 1. The summed E-state index contributed by atoms with van der Waals surface area (Å²) in [5.41, 5.74) is 4.80. The van der Waals surface area contributed by atoms with Crippen molar-refractivity contribution in [3.8, 4) is 0 Å². The summed E-state index contributed by atoms with van der Waals surface area (Å²) >= 11 is 0. The summed E-state index contributed by atoms with van der Waals surface area (Å²) in [6.07, 6.45) is 0. The van der Waals surface area contributed by atoms with Crippen LogP contribution in [0.4, 0.5) is 11.4 Å². The molecule has 0 radical (unpaired) electrons. The lowest BCUT2D eigenvalue weighted by Gasteiger charge is -2.00. The molecule has 0 aliphatic carbocycles. The van der Waals surface area contributed by atoms with E-state index in [-0.39, 0.29) is 10.6 Å². The Hall–Kier alpha value is -1.89. The average molecular weight is 228 g/mol. The number of anilines is 1. The molecule has 1 aromatic carbocycles. The van der Waals surface area contributed by atoms with Crippen LogP contribution in [0.25, 0.3) is 0 Å². The highest BCUT2D eigenvalue weighted by molar-refractivity contribution is 7.94. The van der Waals surface area contributed by atoms with Crippen LogP contribution in [-0.4, -0.2) is 13.3 Å². The standard InChI is InChI=1S/C8H8N2O4S/c1-2-15(13,14)6-3-4-7(9)8(5-6)10(11)12/h2-5H,1,9H2. The summed E-state index contributed by atoms with van der Waals surface area (Å²) in [7, 11) is -3.67. The molecule has 2 N–H and O–H groups in total. The monoisotopic (exact) mass is 228 g/mol. The van der Waals surface area contributed by atoms with Gasteiger partial charge in [0.05, 0.1) is 9.82 Å². The molecule has 80 valence electrons. The average Bonchev–Trinajstić information content (AvgIpc) is 2.17. The zero-order valence-electron chi connectivity index (χ0n) is 7.58. The fraction of sp³-hybridized carbons (Fsp3) is 0. The van der Waals surface area contributed by atoms with E-state index in [0.717, 1.165) is 11.5 Å². The van der Waals surface area contributed by atoms with E-state index in [2.05, 4.69) is 6.58 Å². The second-order valence-electron chi connectivity index (χ2n) is 2.69. The molecule has 0 bridgehead atoms. The molecule has 1 aromatic rings. The van der Waals surface area contributed by atoms with E-state index in [4.69, 9.17) is 5.73 Å². The number of sulfone groups is 1. The molecule has 0 aliphatic rings. The number of hydrogen-bond donors (Lipinski definition) is 1. The summed E-state index contributed by atoms with van der Waals surface area (Å²) < 4.78 is 22.6. The Labute approximate surface area is 86.1 Å². The largest absolute Gasteiger partial charge is 0.393 e. The molecule has 0 aliphatic heterocycles. The maximum absolute atomic E-state index is 11.3. The van der Waals surface area contributed by atoms with Crippen LogP contribution in [0.1, 0.15) is 0 Å². The first-order valence-corrected chi connectivity index (χ1v) is 5.34. The maximum atomic E-state index is 11.3. The van der Waals surface area contributed by atoms with Crippen LogP contribution in [0.3, 0.4) is 0 Å². The van der Waals surface area contributed by atoms with Crippen molar-refractivity contribution in [2.45, 2.75) is 4.90 Å². The number of rotatable bonds is 3. The van der Waals surface area contributed by atoms with Gasteiger partial charge in [0.2, 0.25) is 0 Å². The Bertz CT molecular complexity index is 521. The lowest BCUT2D eigenvalue weighted by molar-refractivity contribution is -0.384. The first-order chi connectivity index (χ1) is 6.88. The Morgan fingerprint density at radius 1 is 1.47 bits per heavy atom. The highest BCUT2D eigenvalue weighted by Crippen LogP contribution is 2.25. The molecular formula is C8H8N2O4S. The van der Waals surface area contributed by atoms with Crippen molar-refractivity contribution >= 4 is 21.2 Å². The first kappa shape index (κ1) is 11.2. The van der Waals surface area contributed by atoms with Gasteiger partial charge in [-0.1, -0.05) is 6.58 Å². The van der Waals surface area contributed by atoms with E-state index >= 15 is 0 Å². The van der Waals surface area contributed by atoms with Gasteiger partial charge in [0.25, 0.3) is 5.69 Å².